The number of nitrogens with one attached hydrogen (secondary N) is 1. The Kier molecular flexibility index (Phi) is 6.84. The molecule has 4 aromatic heterocycles. The Morgan fingerprint density at radius 2 is 1.82 bits per heavy atom. The van der Waals surface area contributed by atoms with E-state index in [9.17, 15) is 4.79 Å². The Balaban J connectivity index is 1.15. The van der Waals surface area contributed by atoms with Crippen LogP contribution in [0.25, 0.3) is 33.3 Å². The number of aromatic amines is 1. The minimum Gasteiger partial charge on any atom is -0.444 e. The molecule has 0 radical (unpaired) electrons. The predicted octanol–water partition coefficient (Wildman–Crippen LogP) is 6.65. The molecule has 1 aliphatic rings. The molecule has 0 saturated carbocycles. The molecule has 5 heterocycles. The molecule has 0 spiro atoms. The topological polar surface area (TPSA) is 88.9 Å². The number of benzene rings is 1. The van der Waals surface area contributed by atoms with E-state index < -0.39 is 5.60 Å². The number of carbonyl (C=O) groups excluding carboxylic acids is 1. The predicted molar refractivity (Wildman–Crippen MR) is 156 cm³/mol. The van der Waals surface area contributed by atoms with Crippen molar-refractivity contribution in [3.63, 3.8) is 0 Å². The summed E-state index contributed by atoms with van der Waals surface area (Å²) < 4.78 is 7.47. The van der Waals surface area contributed by atoms with E-state index >= 15 is 0 Å². The van der Waals surface area contributed by atoms with Crippen LogP contribution in [0.5, 0.6) is 0 Å². The summed E-state index contributed by atoms with van der Waals surface area (Å²) in [7, 11) is 0. The number of amides is 1. The van der Waals surface area contributed by atoms with Gasteiger partial charge >= 0.3 is 6.09 Å². The molecule has 204 valence electrons. The summed E-state index contributed by atoms with van der Waals surface area (Å²) in [5.41, 5.74) is 7.13. The molecular weight excluding hydrogens is 500 g/mol. The van der Waals surface area contributed by atoms with Crippen LogP contribution in [0, 0.1) is 0 Å². The van der Waals surface area contributed by atoms with Gasteiger partial charge in [-0.1, -0.05) is 30.3 Å². The van der Waals surface area contributed by atoms with Gasteiger partial charge in [0.25, 0.3) is 0 Å². The molecule has 0 unspecified atom stereocenters. The number of carbonyl (C=O) groups is 1. The van der Waals surface area contributed by atoms with Crippen molar-refractivity contribution in [2.24, 2.45) is 0 Å². The molecule has 8 nitrogen and oxygen atoms in total. The summed E-state index contributed by atoms with van der Waals surface area (Å²) in [6, 6.07) is 15.0. The summed E-state index contributed by atoms with van der Waals surface area (Å²) >= 11 is 0. The molecule has 6 rings (SSSR count). The van der Waals surface area contributed by atoms with Gasteiger partial charge in [0.1, 0.15) is 11.2 Å². The van der Waals surface area contributed by atoms with E-state index in [2.05, 4.69) is 57.7 Å². The third-order valence-corrected chi connectivity index (χ3v) is 7.40. The summed E-state index contributed by atoms with van der Waals surface area (Å²) in [6.07, 6.45) is 13.2. The maximum Gasteiger partial charge on any atom is 0.410 e. The molecule has 40 heavy (non-hydrogen) atoms. The highest BCUT2D eigenvalue weighted by molar-refractivity contribution is 5.95. The summed E-state index contributed by atoms with van der Waals surface area (Å²) in [5.74, 6) is 0.438. The summed E-state index contributed by atoms with van der Waals surface area (Å²) in [4.78, 5) is 26.4. The van der Waals surface area contributed by atoms with Gasteiger partial charge < -0.3 is 14.6 Å². The van der Waals surface area contributed by atoms with Crippen LogP contribution >= 0.6 is 0 Å². The number of aromatic nitrogens is 5. The number of piperidine rings is 1. The van der Waals surface area contributed by atoms with Crippen molar-refractivity contribution >= 4 is 17.1 Å². The van der Waals surface area contributed by atoms with Gasteiger partial charge in [-0.2, -0.15) is 5.10 Å². The molecule has 1 amide bonds. The van der Waals surface area contributed by atoms with Gasteiger partial charge in [-0.05, 0) is 68.4 Å². The van der Waals surface area contributed by atoms with Crippen LogP contribution in [0.3, 0.4) is 0 Å². The molecule has 1 saturated heterocycles. The zero-order valence-corrected chi connectivity index (χ0v) is 23.2. The van der Waals surface area contributed by atoms with Gasteiger partial charge in [0.05, 0.1) is 12.7 Å². The van der Waals surface area contributed by atoms with E-state index in [0.29, 0.717) is 12.5 Å². The SMILES string of the molecule is CC(C)(C)OC(=O)N1CCC(c2ccc(-c3cnc4[nH]cc(-c5cnn(Cc6cccnc6)c5)c4c3)cc2)CC1. The maximum atomic E-state index is 12.4. The van der Waals surface area contributed by atoms with Crippen LogP contribution in [0.1, 0.15) is 50.7 Å². The molecule has 1 N–H and O–H groups in total. The fourth-order valence-electron chi connectivity index (χ4n) is 5.34. The van der Waals surface area contributed by atoms with Gasteiger partial charge in [-0.15, -0.1) is 0 Å². The van der Waals surface area contributed by atoms with E-state index in [-0.39, 0.29) is 6.09 Å². The number of pyridine rings is 2. The van der Waals surface area contributed by atoms with Crippen LogP contribution in [0.15, 0.2) is 79.6 Å². The third kappa shape index (κ3) is 5.61. The lowest BCUT2D eigenvalue weighted by Gasteiger charge is -2.33. The number of nitrogens with zero attached hydrogens (tertiary/aromatic N) is 5. The molecule has 0 atom stereocenters. The standard InChI is InChI=1S/C32H34N6O2/c1-32(2,3)40-31(39)37-13-10-25(11-14-37)23-6-8-24(9-7-23)26-15-28-29(19-35-30(28)34-17-26)27-18-36-38(21-27)20-22-5-4-12-33-16-22/h4-9,12,15-19,21,25H,10-11,13-14,20H2,1-3H3,(H,34,35). The number of H-pyrrole nitrogens is 1. The van der Waals surface area contributed by atoms with Crippen LogP contribution in [0.2, 0.25) is 0 Å². The molecule has 0 bridgehead atoms. The van der Waals surface area contributed by atoms with Crippen molar-refractivity contribution in [3.05, 3.63) is 90.8 Å². The minimum absolute atomic E-state index is 0.214. The second-order valence-corrected chi connectivity index (χ2v) is 11.5. The zero-order chi connectivity index (χ0) is 27.7. The first-order valence-corrected chi connectivity index (χ1v) is 13.8. The fraction of sp³-hybridized carbons (Fsp3) is 0.312. The molecule has 8 heteroatoms. The quantitative estimate of drug-likeness (QED) is 0.273. The van der Waals surface area contributed by atoms with Gasteiger partial charge in [0.2, 0.25) is 0 Å². The number of ether oxygens (including phenoxy) is 1. The van der Waals surface area contributed by atoms with Crippen molar-refractivity contribution in [3.8, 4) is 22.3 Å². The number of fused-ring (bicyclic) bond motifs is 1. The highest BCUT2D eigenvalue weighted by atomic mass is 16.6. The number of hydrogen-bond donors (Lipinski definition) is 1. The van der Waals surface area contributed by atoms with Crippen molar-refractivity contribution in [2.45, 2.75) is 51.7 Å². The monoisotopic (exact) mass is 534 g/mol. The van der Waals surface area contributed by atoms with Crippen molar-refractivity contribution in [2.75, 3.05) is 13.1 Å². The van der Waals surface area contributed by atoms with Crippen molar-refractivity contribution < 1.29 is 9.53 Å². The molecule has 5 aromatic rings. The Morgan fingerprint density at radius 1 is 1.02 bits per heavy atom. The van der Waals surface area contributed by atoms with Gasteiger partial charge in [0.15, 0.2) is 0 Å². The largest absolute Gasteiger partial charge is 0.444 e. The second-order valence-electron chi connectivity index (χ2n) is 11.5. The van der Waals surface area contributed by atoms with E-state index in [1.54, 1.807) is 6.20 Å². The Hall–Kier alpha value is -4.46. The van der Waals surface area contributed by atoms with E-state index in [4.69, 9.17) is 9.72 Å². The van der Waals surface area contributed by atoms with Crippen LogP contribution in [0.4, 0.5) is 4.79 Å². The lowest BCUT2D eigenvalue weighted by Crippen LogP contribution is -2.41. The van der Waals surface area contributed by atoms with E-state index in [1.807, 2.05) is 61.2 Å². The number of rotatable bonds is 5. The Bertz CT molecular complexity index is 1610. The normalized spacial score (nSPS) is 14.5. The Morgan fingerprint density at radius 3 is 2.55 bits per heavy atom. The highest BCUT2D eigenvalue weighted by Gasteiger charge is 2.27. The van der Waals surface area contributed by atoms with E-state index in [0.717, 1.165) is 64.8 Å². The first-order chi connectivity index (χ1) is 19.3. The first-order valence-electron chi connectivity index (χ1n) is 13.8. The molecule has 1 fully saturated rings. The number of likely N-dealkylation sites (tertiary alicyclic amines) is 1. The fourth-order valence-corrected chi connectivity index (χ4v) is 5.34. The lowest BCUT2D eigenvalue weighted by molar-refractivity contribution is 0.0205. The van der Waals surface area contributed by atoms with Gasteiger partial charge in [0, 0.05) is 66.2 Å². The minimum atomic E-state index is -0.467. The molecule has 0 aliphatic carbocycles. The summed E-state index contributed by atoms with van der Waals surface area (Å²) in [5, 5.41) is 5.63. The van der Waals surface area contributed by atoms with Crippen LogP contribution in [-0.4, -0.2) is 54.4 Å². The zero-order valence-electron chi connectivity index (χ0n) is 23.2. The van der Waals surface area contributed by atoms with Crippen molar-refractivity contribution in [1.82, 2.24) is 29.6 Å². The van der Waals surface area contributed by atoms with Crippen LogP contribution < -0.4 is 0 Å². The molecule has 1 aromatic carbocycles. The first kappa shape index (κ1) is 25.8. The smallest absolute Gasteiger partial charge is 0.410 e. The second kappa shape index (κ2) is 10.6. The maximum absolute atomic E-state index is 12.4. The molecule has 1 aliphatic heterocycles. The van der Waals surface area contributed by atoms with Gasteiger partial charge in [-0.25, -0.2) is 9.78 Å². The molecular formula is C32H34N6O2. The third-order valence-electron chi connectivity index (χ3n) is 7.40. The Labute approximate surface area is 234 Å². The average molecular weight is 535 g/mol. The average Bonchev–Trinajstić information content (AvgIpc) is 3.59. The van der Waals surface area contributed by atoms with E-state index in [1.165, 1.54) is 5.56 Å². The summed E-state index contributed by atoms with van der Waals surface area (Å²) in [6.45, 7) is 7.83. The number of hydrogen-bond acceptors (Lipinski definition) is 5. The van der Waals surface area contributed by atoms with Gasteiger partial charge in [-0.3, -0.25) is 9.67 Å². The highest BCUT2D eigenvalue weighted by Crippen LogP contribution is 2.33. The van der Waals surface area contributed by atoms with Crippen LogP contribution in [-0.2, 0) is 11.3 Å². The lowest BCUT2D eigenvalue weighted by atomic mass is 9.88. The van der Waals surface area contributed by atoms with Crippen molar-refractivity contribution in [1.29, 1.82) is 0 Å².